The maximum Gasteiger partial charge on any atom is 0.338 e. The molecular formula is C12H17N3O5. The Morgan fingerprint density at radius 2 is 2.25 bits per heavy atom. The second kappa shape index (κ2) is 7.29. The first-order chi connectivity index (χ1) is 9.45. The highest BCUT2D eigenvalue weighted by atomic mass is 16.6. The van der Waals surface area contributed by atoms with Gasteiger partial charge < -0.3 is 10.5 Å². The number of amides is 2. The monoisotopic (exact) mass is 283 g/mol. The van der Waals surface area contributed by atoms with E-state index in [1.54, 1.807) is 0 Å². The van der Waals surface area contributed by atoms with Gasteiger partial charge in [0.15, 0.2) is 5.75 Å². The van der Waals surface area contributed by atoms with Gasteiger partial charge in [-0.25, -0.2) is 9.86 Å². The molecule has 0 bridgehead atoms. The molecule has 8 heteroatoms. The number of hydrogen-bond donors (Lipinski definition) is 2. The molecule has 0 saturated carbocycles. The van der Waals surface area contributed by atoms with E-state index >= 15 is 0 Å². The van der Waals surface area contributed by atoms with Gasteiger partial charge in [0.05, 0.1) is 18.1 Å². The first kappa shape index (κ1) is 15.7. The SMILES string of the molecule is CCCCOc1ccc(CN(O)C(N)=O)cc1[N+](=O)[O-]. The molecule has 1 rings (SSSR count). The fourth-order valence-electron chi connectivity index (χ4n) is 1.50. The average molecular weight is 283 g/mol. The minimum atomic E-state index is -1.03. The van der Waals surface area contributed by atoms with Crippen LogP contribution in [0.5, 0.6) is 5.75 Å². The van der Waals surface area contributed by atoms with Gasteiger partial charge in [-0.2, -0.15) is 0 Å². The van der Waals surface area contributed by atoms with Gasteiger partial charge >= 0.3 is 11.7 Å². The van der Waals surface area contributed by atoms with Gasteiger partial charge in [0, 0.05) is 6.07 Å². The Kier molecular flexibility index (Phi) is 5.73. The van der Waals surface area contributed by atoms with Crippen LogP contribution in [0, 0.1) is 10.1 Å². The van der Waals surface area contributed by atoms with Crippen LogP contribution in [-0.4, -0.2) is 27.8 Å². The molecule has 2 amide bonds. The molecule has 0 unspecified atom stereocenters. The molecule has 0 aliphatic carbocycles. The summed E-state index contributed by atoms with van der Waals surface area (Å²) in [5.41, 5.74) is 5.04. The fourth-order valence-corrected chi connectivity index (χ4v) is 1.50. The van der Waals surface area contributed by atoms with E-state index in [9.17, 15) is 20.1 Å². The molecule has 20 heavy (non-hydrogen) atoms. The molecule has 0 fully saturated rings. The first-order valence-electron chi connectivity index (χ1n) is 6.11. The molecule has 0 radical (unpaired) electrons. The number of ether oxygens (including phenoxy) is 1. The number of hydrogen-bond acceptors (Lipinski definition) is 5. The number of unbranched alkanes of at least 4 members (excludes halogenated alkanes) is 1. The standard InChI is InChI=1S/C12H17N3O5/c1-2-3-6-20-11-5-4-9(7-10(11)15(18)19)8-14(17)12(13)16/h4-5,7,17H,2-3,6,8H2,1H3,(H2,13,16). The van der Waals surface area contributed by atoms with E-state index in [4.69, 9.17) is 10.5 Å². The molecule has 8 nitrogen and oxygen atoms in total. The summed E-state index contributed by atoms with van der Waals surface area (Å²) in [5.74, 6) is 0.163. The lowest BCUT2D eigenvalue weighted by atomic mass is 10.2. The lowest BCUT2D eigenvalue weighted by Gasteiger charge is -2.12. The van der Waals surface area contributed by atoms with Crippen LogP contribution in [-0.2, 0) is 6.54 Å². The Hall–Kier alpha value is -2.35. The van der Waals surface area contributed by atoms with Crippen LogP contribution in [0.3, 0.4) is 0 Å². The number of benzene rings is 1. The molecule has 110 valence electrons. The number of nitrogens with zero attached hydrogens (tertiary/aromatic N) is 2. The van der Waals surface area contributed by atoms with Gasteiger partial charge in [-0.05, 0) is 18.1 Å². The van der Waals surface area contributed by atoms with Crippen molar-refractivity contribution in [1.29, 1.82) is 0 Å². The number of urea groups is 1. The highest BCUT2D eigenvalue weighted by Crippen LogP contribution is 2.28. The molecule has 1 aromatic carbocycles. The summed E-state index contributed by atoms with van der Waals surface area (Å²) in [4.78, 5) is 21.1. The molecule has 0 aliphatic rings. The first-order valence-corrected chi connectivity index (χ1v) is 6.11. The number of nitro groups is 1. The van der Waals surface area contributed by atoms with E-state index in [1.807, 2.05) is 6.92 Å². The third-order valence-electron chi connectivity index (χ3n) is 2.56. The van der Waals surface area contributed by atoms with E-state index in [0.717, 1.165) is 12.8 Å². The summed E-state index contributed by atoms with van der Waals surface area (Å²) >= 11 is 0. The van der Waals surface area contributed by atoms with Crippen molar-refractivity contribution in [3.8, 4) is 5.75 Å². The van der Waals surface area contributed by atoms with Gasteiger partial charge in [0.25, 0.3) is 0 Å². The van der Waals surface area contributed by atoms with Crippen molar-refractivity contribution in [2.24, 2.45) is 5.73 Å². The van der Waals surface area contributed by atoms with Gasteiger partial charge in [0.2, 0.25) is 0 Å². The maximum atomic E-state index is 11.0. The Bertz CT molecular complexity index is 492. The van der Waals surface area contributed by atoms with E-state index < -0.39 is 11.0 Å². The van der Waals surface area contributed by atoms with E-state index in [2.05, 4.69) is 0 Å². The Balaban J connectivity index is 2.89. The second-order valence-electron chi connectivity index (χ2n) is 4.16. The zero-order chi connectivity index (χ0) is 15.1. The summed E-state index contributed by atoms with van der Waals surface area (Å²) in [7, 11) is 0. The van der Waals surface area contributed by atoms with Crippen LogP contribution < -0.4 is 10.5 Å². The summed E-state index contributed by atoms with van der Waals surface area (Å²) < 4.78 is 5.34. The number of primary amides is 1. The van der Waals surface area contributed by atoms with Crippen LogP contribution in [0.2, 0.25) is 0 Å². The Morgan fingerprint density at radius 1 is 1.55 bits per heavy atom. The third-order valence-corrected chi connectivity index (χ3v) is 2.56. The molecular weight excluding hydrogens is 266 g/mol. The predicted octanol–water partition coefficient (Wildman–Crippen LogP) is 2.04. The molecule has 0 heterocycles. The summed E-state index contributed by atoms with van der Waals surface area (Å²) in [6.07, 6.45) is 1.72. The van der Waals surface area contributed by atoms with Crippen LogP contribution in [0.25, 0.3) is 0 Å². The third kappa shape index (κ3) is 4.39. The molecule has 0 saturated heterocycles. The summed E-state index contributed by atoms with van der Waals surface area (Å²) in [6.45, 7) is 2.15. The fraction of sp³-hybridized carbons (Fsp3) is 0.417. The van der Waals surface area contributed by atoms with Crippen molar-refractivity contribution in [1.82, 2.24) is 5.06 Å². The molecule has 0 aliphatic heterocycles. The number of carbonyl (C=O) groups is 1. The van der Waals surface area contributed by atoms with E-state index in [-0.39, 0.29) is 23.0 Å². The smallest absolute Gasteiger partial charge is 0.338 e. The Morgan fingerprint density at radius 3 is 2.80 bits per heavy atom. The molecule has 1 aromatic rings. The topological polar surface area (TPSA) is 119 Å². The number of nitro benzene ring substituents is 1. The van der Waals surface area contributed by atoms with Crippen LogP contribution in [0.1, 0.15) is 25.3 Å². The quantitative estimate of drug-likeness (QED) is 0.343. The van der Waals surface area contributed by atoms with E-state index in [1.165, 1.54) is 18.2 Å². The predicted molar refractivity (Wildman–Crippen MR) is 70.4 cm³/mol. The lowest BCUT2D eigenvalue weighted by Crippen LogP contribution is -2.32. The minimum absolute atomic E-state index is 0.163. The number of hydroxylamine groups is 2. The average Bonchev–Trinajstić information content (AvgIpc) is 2.40. The second-order valence-corrected chi connectivity index (χ2v) is 4.16. The highest BCUT2D eigenvalue weighted by molar-refractivity contribution is 5.70. The van der Waals surface area contributed by atoms with Crippen molar-refractivity contribution < 1.29 is 19.7 Å². The molecule has 3 N–H and O–H groups in total. The highest BCUT2D eigenvalue weighted by Gasteiger charge is 2.17. The van der Waals surface area contributed by atoms with Gasteiger partial charge in [-0.15, -0.1) is 0 Å². The van der Waals surface area contributed by atoms with Crippen LogP contribution in [0.15, 0.2) is 18.2 Å². The largest absolute Gasteiger partial charge is 0.487 e. The van der Waals surface area contributed by atoms with E-state index in [0.29, 0.717) is 12.2 Å². The minimum Gasteiger partial charge on any atom is -0.487 e. The van der Waals surface area contributed by atoms with Crippen molar-refractivity contribution >= 4 is 11.7 Å². The van der Waals surface area contributed by atoms with Crippen LogP contribution in [0.4, 0.5) is 10.5 Å². The molecule has 0 atom stereocenters. The van der Waals surface area contributed by atoms with Gasteiger partial charge in [-0.3, -0.25) is 15.3 Å². The van der Waals surface area contributed by atoms with Gasteiger partial charge in [-0.1, -0.05) is 19.4 Å². The van der Waals surface area contributed by atoms with Crippen molar-refractivity contribution in [3.05, 3.63) is 33.9 Å². The molecule has 0 spiro atoms. The summed E-state index contributed by atoms with van der Waals surface area (Å²) in [5, 5.41) is 20.5. The lowest BCUT2D eigenvalue weighted by molar-refractivity contribution is -0.386. The summed E-state index contributed by atoms with van der Waals surface area (Å²) in [6, 6.07) is 3.18. The van der Waals surface area contributed by atoms with Crippen molar-refractivity contribution in [2.75, 3.05) is 6.61 Å². The zero-order valence-electron chi connectivity index (χ0n) is 11.1. The number of rotatable bonds is 7. The Labute approximate surface area is 115 Å². The number of carbonyl (C=O) groups excluding carboxylic acids is 1. The maximum absolute atomic E-state index is 11.0. The van der Waals surface area contributed by atoms with Crippen molar-refractivity contribution in [2.45, 2.75) is 26.3 Å². The normalized spacial score (nSPS) is 10.1. The van der Waals surface area contributed by atoms with Crippen molar-refractivity contribution in [3.63, 3.8) is 0 Å². The molecule has 0 aromatic heterocycles. The number of nitrogens with two attached hydrogens (primary N) is 1. The van der Waals surface area contributed by atoms with Gasteiger partial charge in [0.1, 0.15) is 0 Å². The zero-order valence-corrected chi connectivity index (χ0v) is 11.1. The van der Waals surface area contributed by atoms with Crippen LogP contribution >= 0.6 is 0 Å².